The highest BCUT2D eigenvalue weighted by Gasteiger charge is 2.75. The van der Waals surface area contributed by atoms with Crippen molar-refractivity contribution in [3.63, 3.8) is 0 Å². The Labute approximate surface area is 144 Å². The van der Waals surface area contributed by atoms with Crippen molar-refractivity contribution < 1.29 is 19.4 Å². The van der Waals surface area contributed by atoms with Crippen molar-refractivity contribution in [2.45, 2.75) is 37.6 Å². The number of rotatable bonds is 1. The van der Waals surface area contributed by atoms with E-state index in [0.717, 1.165) is 4.90 Å². The molecule has 2 amide bonds. The van der Waals surface area contributed by atoms with Gasteiger partial charge in [0.25, 0.3) is 0 Å². The lowest BCUT2D eigenvalue weighted by Gasteiger charge is -2.31. The molecule has 4 rings (SSSR count). The van der Waals surface area contributed by atoms with Gasteiger partial charge >= 0.3 is 0 Å². The minimum absolute atomic E-state index is 0.106. The standard InChI is InChI=1S/C18H15N3O4/c1-17-6-12(22)18(2,25-17)14-13(17)15(23)21(16(14)24)11-4-3-9(7-19)10(5-11)8-20/h3-5,12-14,22H,6H2,1-2H3/t12-,13+,14-,17+,18+/m0/s1. The third-order valence-corrected chi connectivity index (χ3v) is 5.80. The van der Waals surface area contributed by atoms with Crippen molar-refractivity contribution in [2.75, 3.05) is 4.90 Å². The molecule has 3 saturated heterocycles. The van der Waals surface area contributed by atoms with Gasteiger partial charge in [0.1, 0.15) is 17.7 Å². The van der Waals surface area contributed by atoms with Gasteiger partial charge in [-0.1, -0.05) is 0 Å². The number of anilines is 1. The van der Waals surface area contributed by atoms with Crippen LogP contribution in [0.15, 0.2) is 18.2 Å². The van der Waals surface area contributed by atoms with Crippen LogP contribution in [0.1, 0.15) is 31.4 Å². The van der Waals surface area contributed by atoms with Gasteiger partial charge in [0.05, 0.1) is 40.4 Å². The van der Waals surface area contributed by atoms with Gasteiger partial charge in [0.2, 0.25) is 11.8 Å². The molecule has 7 nitrogen and oxygen atoms in total. The van der Waals surface area contributed by atoms with Crippen LogP contribution < -0.4 is 4.90 Å². The minimum atomic E-state index is -1.09. The number of amides is 2. The average molecular weight is 337 g/mol. The Bertz CT molecular complexity index is 914. The molecule has 2 bridgehead atoms. The van der Waals surface area contributed by atoms with Gasteiger partial charge in [-0.3, -0.25) is 9.59 Å². The summed E-state index contributed by atoms with van der Waals surface area (Å²) in [5, 5.41) is 28.5. The third kappa shape index (κ3) is 1.74. The van der Waals surface area contributed by atoms with Crippen LogP contribution in [0.25, 0.3) is 0 Å². The summed E-state index contributed by atoms with van der Waals surface area (Å²) in [7, 11) is 0. The lowest BCUT2D eigenvalue weighted by atomic mass is 9.67. The number of ether oxygens (including phenoxy) is 1. The van der Waals surface area contributed by atoms with Crippen LogP contribution in [0, 0.1) is 34.5 Å². The van der Waals surface area contributed by atoms with E-state index in [-0.39, 0.29) is 22.7 Å². The van der Waals surface area contributed by atoms with Crippen molar-refractivity contribution in [3.05, 3.63) is 29.3 Å². The van der Waals surface area contributed by atoms with Crippen LogP contribution >= 0.6 is 0 Å². The third-order valence-electron chi connectivity index (χ3n) is 5.80. The molecule has 0 unspecified atom stereocenters. The summed E-state index contributed by atoms with van der Waals surface area (Å²) in [5.74, 6) is -2.24. The summed E-state index contributed by atoms with van der Waals surface area (Å²) >= 11 is 0. The molecule has 1 aromatic carbocycles. The topological polar surface area (TPSA) is 114 Å². The predicted octanol–water partition coefficient (Wildman–Crippen LogP) is 0.848. The number of nitrogens with zero attached hydrogens (tertiary/aromatic N) is 3. The Hall–Kier alpha value is -2.74. The molecule has 1 N–H and O–H groups in total. The number of benzene rings is 1. The van der Waals surface area contributed by atoms with Crippen LogP contribution in [-0.4, -0.2) is 34.2 Å². The van der Waals surface area contributed by atoms with Gasteiger partial charge in [-0.2, -0.15) is 10.5 Å². The fraction of sp³-hybridized carbons (Fsp3) is 0.444. The fourth-order valence-corrected chi connectivity index (χ4v) is 4.64. The van der Waals surface area contributed by atoms with Gasteiger partial charge in [-0.15, -0.1) is 0 Å². The maximum atomic E-state index is 13.0. The highest BCUT2D eigenvalue weighted by Crippen LogP contribution is 2.60. The number of nitriles is 2. The quantitative estimate of drug-likeness (QED) is 0.760. The van der Waals surface area contributed by atoms with E-state index in [4.69, 9.17) is 10.00 Å². The first-order chi connectivity index (χ1) is 11.8. The van der Waals surface area contributed by atoms with Crippen LogP contribution in [0.4, 0.5) is 5.69 Å². The first-order valence-corrected chi connectivity index (χ1v) is 7.97. The van der Waals surface area contributed by atoms with Crippen LogP contribution in [0.2, 0.25) is 0 Å². The second-order valence-electron chi connectivity index (χ2n) is 7.24. The van der Waals surface area contributed by atoms with E-state index in [1.165, 1.54) is 18.2 Å². The molecule has 0 aromatic heterocycles. The van der Waals surface area contributed by atoms with Crippen LogP contribution in [0.3, 0.4) is 0 Å². The number of imide groups is 1. The molecule has 3 aliphatic heterocycles. The average Bonchev–Trinajstić information content (AvgIpc) is 3.08. The minimum Gasteiger partial charge on any atom is -0.390 e. The SMILES string of the molecule is C[C@@]12O[C@](C)(C[C@@H]1O)[C@H]1C(=O)N(c3ccc(C#N)c(C#N)c3)C(=O)[C@H]12. The zero-order valence-electron chi connectivity index (χ0n) is 13.7. The Morgan fingerprint density at radius 1 is 1.16 bits per heavy atom. The number of aliphatic hydroxyl groups excluding tert-OH is 1. The predicted molar refractivity (Wildman–Crippen MR) is 83.9 cm³/mol. The molecule has 3 heterocycles. The second kappa shape index (κ2) is 4.66. The highest BCUT2D eigenvalue weighted by molar-refractivity contribution is 6.23. The van der Waals surface area contributed by atoms with Gasteiger partial charge in [-0.05, 0) is 32.0 Å². The molecule has 7 heteroatoms. The summed E-state index contributed by atoms with van der Waals surface area (Å²) in [6.07, 6.45) is -0.514. The zero-order chi connectivity index (χ0) is 18.1. The number of aliphatic hydroxyl groups is 1. The van der Waals surface area contributed by atoms with Crippen molar-refractivity contribution in [1.82, 2.24) is 0 Å². The molecule has 3 aliphatic rings. The Morgan fingerprint density at radius 2 is 1.80 bits per heavy atom. The number of hydrogen-bond acceptors (Lipinski definition) is 6. The molecule has 1 aromatic rings. The number of carbonyl (C=O) groups is 2. The molecule has 25 heavy (non-hydrogen) atoms. The van der Waals surface area contributed by atoms with Gasteiger partial charge in [0.15, 0.2) is 0 Å². The van der Waals surface area contributed by atoms with Gasteiger partial charge in [0, 0.05) is 6.42 Å². The molecule has 3 fully saturated rings. The number of fused-ring (bicyclic) bond motifs is 5. The second-order valence-corrected chi connectivity index (χ2v) is 7.24. The van der Waals surface area contributed by atoms with Gasteiger partial charge in [-0.25, -0.2) is 4.90 Å². The summed E-state index contributed by atoms with van der Waals surface area (Å²) in [5.41, 5.74) is -1.42. The molecule has 0 aliphatic carbocycles. The van der Waals surface area contributed by atoms with E-state index in [0.29, 0.717) is 6.42 Å². The molecule has 5 atom stereocenters. The summed E-state index contributed by atoms with van der Waals surface area (Å²) in [6.45, 7) is 3.42. The van der Waals surface area contributed by atoms with E-state index in [2.05, 4.69) is 0 Å². The lowest BCUT2D eigenvalue weighted by molar-refractivity contribution is -0.132. The van der Waals surface area contributed by atoms with E-state index in [1.54, 1.807) is 13.8 Å². The van der Waals surface area contributed by atoms with E-state index in [1.807, 2.05) is 12.1 Å². The van der Waals surface area contributed by atoms with Crippen molar-refractivity contribution in [1.29, 1.82) is 10.5 Å². The number of hydrogen-bond donors (Lipinski definition) is 1. The van der Waals surface area contributed by atoms with E-state index < -0.39 is 35.0 Å². The summed E-state index contributed by atoms with van der Waals surface area (Å²) in [4.78, 5) is 27.1. The first-order valence-electron chi connectivity index (χ1n) is 7.97. The fourth-order valence-electron chi connectivity index (χ4n) is 4.64. The number of carbonyl (C=O) groups excluding carboxylic acids is 2. The van der Waals surface area contributed by atoms with Gasteiger partial charge < -0.3 is 9.84 Å². The summed E-state index contributed by atoms with van der Waals surface area (Å²) in [6, 6.07) is 8.09. The largest absolute Gasteiger partial charge is 0.390 e. The monoisotopic (exact) mass is 337 g/mol. The van der Waals surface area contributed by atoms with Crippen LogP contribution in [0.5, 0.6) is 0 Å². The molecular weight excluding hydrogens is 322 g/mol. The Kier molecular flexibility index (Phi) is 2.94. The lowest BCUT2D eigenvalue weighted by Crippen LogP contribution is -2.49. The highest BCUT2D eigenvalue weighted by atomic mass is 16.6. The van der Waals surface area contributed by atoms with Crippen molar-refractivity contribution >= 4 is 17.5 Å². The summed E-state index contributed by atoms with van der Waals surface area (Å²) < 4.78 is 5.92. The van der Waals surface area contributed by atoms with Crippen LogP contribution in [-0.2, 0) is 14.3 Å². The zero-order valence-corrected chi connectivity index (χ0v) is 13.7. The molecule has 0 radical (unpaired) electrons. The molecule has 126 valence electrons. The van der Waals surface area contributed by atoms with E-state index in [9.17, 15) is 20.0 Å². The normalized spacial score (nSPS) is 38.6. The maximum Gasteiger partial charge on any atom is 0.240 e. The smallest absolute Gasteiger partial charge is 0.240 e. The van der Waals surface area contributed by atoms with Crippen molar-refractivity contribution in [3.8, 4) is 12.1 Å². The van der Waals surface area contributed by atoms with Crippen molar-refractivity contribution in [2.24, 2.45) is 11.8 Å². The Morgan fingerprint density at radius 3 is 2.44 bits per heavy atom. The first kappa shape index (κ1) is 15.8. The molecule has 0 saturated carbocycles. The van der Waals surface area contributed by atoms with E-state index >= 15 is 0 Å². The Balaban J connectivity index is 1.81. The molecule has 0 spiro atoms. The maximum absolute atomic E-state index is 13.0. The molecular formula is C18H15N3O4.